The standard InChI is InChI=1S/C16H18N4OS/c17-15(21)18-10-13-6-8-14(9-7-13)20-16(22)19-11-12-4-2-1-3-5-12/h1-9H,10-11H2,(H3,17,18,21)(H2,19,20,22). The fourth-order valence-electron chi connectivity index (χ4n) is 1.85. The molecule has 5 N–H and O–H groups in total. The van der Waals surface area contributed by atoms with Crippen LogP contribution in [-0.4, -0.2) is 11.1 Å². The van der Waals surface area contributed by atoms with Gasteiger partial charge in [0.25, 0.3) is 0 Å². The summed E-state index contributed by atoms with van der Waals surface area (Å²) in [4.78, 5) is 10.6. The molecule has 0 unspecified atom stereocenters. The number of carbonyl (C=O) groups excluding carboxylic acids is 1. The summed E-state index contributed by atoms with van der Waals surface area (Å²) in [6, 6.07) is 17.1. The first-order valence-corrected chi connectivity index (χ1v) is 7.25. The van der Waals surface area contributed by atoms with E-state index in [9.17, 15) is 4.79 Å². The van der Waals surface area contributed by atoms with E-state index in [0.29, 0.717) is 18.2 Å². The summed E-state index contributed by atoms with van der Waals surface area (Å²) in [6.07, 6.45) is 0. The van der Waals surface area contributed by atoms with Gasteiger partial charge < -0.3 is 21.7 Å². The van der Waals surface area contributed by atoms with E-state index in [1.54, 1.807) is 0 Å². The molecule has 2 rings (SSSR count). The summed E-state index contributed by atoms with van der Waals surface area (Å²) in [5, 5.41) is 9.36. The Kier molecular flexibility index (Phi) is 5.73. The number of nitrogens with two attached hydrogens (primary N) is 1. The Balaban J connectivity index is 1.80. The second-order valence-corrected chi connectivity index (χ2v) is 5.12. The first-order chi connectivity index (χ1) is 10.6. The van der Waals surface area contributed by atoms with Gasteiger partial charge in [-0.05, 0) is 35.5 Å². The zero-order valence-corrected chi connectivity index (χ0v) is 12.8. The van der Waals surface area contributed by atoms with Gasteiger partial charge in [0.05, 0.1) is 0 Å². The average Bonchev–Trinajstić information content (AvgIpc) is 2.53. The normalized spacial score (nSPS) is 9.82. The maximum atomic E-state index is 10.6. The molecule has 0 aromatic heterocycles. The van der Waals surface area contributed by atoms with Crippen LogP contribution in [0.25, 0.3) is 0 Å². The molecular formula is C16H18N4OS. The highest BCUT2D eigenvalue weighted by molar-refractivity contribution is 7.80. The SMILES string of the molecule is NC(=O)NCc1ccc(NC(=S)NCc2ccccc2)cc1. The number of carbonyl (C=O) groups is 1. The number of amides is 2. The number of anilines is 1. The van der Waals surface area contributed by atoms with Crippen LogP contribution >= 0.6 is 12.2 Å². The molecule has 0 radical (unpaired) electrons. The van der Waals surface area contributed by atoms with Gasteiger partial charge in [0.15, 0.2) is 5.11 Å². The molecule has 0 aliphatic rings. The first kappa shape index (κ1) is 15.8. The molecule has 2 aromatic carbocycles. The molecule has 2 amide bonds. The van der Waals surface area contributed by atoms with E-state index in [4.69, 9.17) is 18.0 Å². The summed E-state index contributed by atoms with van der Waals surface area (Å²) >= 11 is 5.26. The van der Waals surface area contributed by atoms with E-state index in [0.717, 1.165) is 11.3 Å². The Hall–Kier alpha value is -2.60. The van der Waals surface area contributed by atoms with Crippen LogP contribution in [0.3, 0.4) is 0 Å². The van der Waals surface area contributed by atoms with Gasteiger partial charge >= 0.3 is 6.03 Å². The van der Waals surface area contributed by atoms with E-state index < -0.39 is 6.03 Å². The quantitative estimate of drug-likeness (QED) is 0.639. The first-order valence-electron chi connectivity index (χ1n) is 6.84. The minimum absolute atomic E-state index is 0.409. The van der Waals surface area contributed by atoms with Crippen LogP contribution in [0.4, 0.5) is 10.5 Å². The molecule has 5 nitrogen and oxygen atoms in total. The third kappa shape index (κ3) is 5.41. The predicted molar refractivity (Wildman–Crippen MR) is 92.4 cm³/mol. The van der Waals surface area contributed by atoms with Crippen molar-refractivity contribution in [2.75, 3.05) is 5.32 Å². The summed E-state index contributed by atoms with van der Waals surface area (Å²) in [6.45, 7) is 1.08. The van der Waals surface area contributed by atoms with Gasteiger partial charge in [-0.2, -0.15) is 0 Å². The smallest absolute Gasteiger partial charge is 0.312 e. The predicted octanol–water partition coefficient (Wildman–Crippen LogP) is 2.34. The lowest BCUT2D eigenvalue weighted by molar-refractivity contribution is 0.248. The Morgan fingerprint density at radius 3 is 2.14 bits per heavy atom. The van der Waals surface area contributed by atoms with Crippen LogP contribution in [0.1, 0.15) is 11.1 Å². The summed E-state index contributed by atoms with van der Waals surface area (Å²) < 4.78 is 0. The maximum absolute atomic E-state index is 10.6. The van der Waals surface area contributed by atoms with Crippen molar-refractivity contribution < 1.29 is 4.79 Å². The minimum atomic E-state index is -0.534. The number of hydrogen-bond donors (Lipinski definition) is 4. The summed E-state index contributed by atoms with van der Waals surface area (Å²) in [5.74, 6) is 0. The monoisotopic (exact) mass is 314 g/mol. The van der Waals surface area contributed by atoms with Gasteiger partial charge in [-0.3, -0.25) is 0 Å². The number of hydrogen-bond acceptors (Lipinski definition) is 2. The number of primary amides is 1. The van der Waals surface area contributed by atoms with Crippen LogP contribution in [0, 0.1) is 0 Å². The van der Waals surface area contributed by atoms with Crippen molar-refractivity contribution >= 4 is 29.0 Å². The van der Waals surface area contributed by atoms with E-state index in [-0.39, 0.29) is 0 Å². The molecule has 0 fully saturated rings. The van der Waals surface area contributed by atoms with Crippen LogP contribution in [0.5, 0.6) is 0 Å². The van der Waals surface area contributed by atoms with Crippen molar-refractivity contribution in [3.63, 3.8) is 0 Å². The summed E-state index contributed by atoms with van der Waals surface area (Å²) in [7, 11) is 0. The molecule has 0 saturated carbocycles. The third-order valence-corrected chi connectivity index (χ3v) is 3.22. The molecule has 0 saturated heterocycles. The lowest BCUT2D eigenvalue weighted by atomic mass is 10.2. The van der Waals surface area contributed by atoms with Gasteiger partial charge in [-0.1, -0.05) is 42.5 Å². The molecule has 0 heterocycles. The topological polar surface area (TPSA) is 79.2 Å². The van der Waals surface area contributed by atoms with Gasteiger partial charge in [0.1, 0.15) is 0 Å². The number of urea groups is 1. The lowest BCUT2D eigenvalue weighted by Gasteiger charge is -2.11. The second-order valence-electron chi connectivity index (χ2n) is 4.71. The van der Waals surface area contributed by atoms with Crippen molar-refractivity contribution in [1.29, 1.82) is 0 Å². The van der Waals surface area contributed by atoms with Gasteiger partial charge in [-0.15, -0.1) is 0 Å². The van der Waals surface area contributed by atoms with E-state index in [1.807, 2.05) is 54.6 Å². The minimum Gasteiger partial charge on any atom is -0.358 e. The Bertz CT molecular complexity index is 628. The average molecular weight is 314 g/mol. The van der Waals surface area contributed by atoms with Gasteiger partial charge in [-0.25, -0.2) is 4.79 Å². The summed E-state index contributed by atoms with van der Waals surface area (Å²) in [5.41, 5.74) is 8.04. The molecule has 0 aliphatic carbocycles. The second kappa shape index (κ2) is 7.99. The highest BCUT2D eigenvalue weighted by atomic mass is 32.1. The zero-order valence-electron chi connectivity index (χ0n) is 12.0. The number of rotatable bonds is 5. The zero-order chi connectivity index (χ0) is 15.8. The molecule has 6 heteroatoms. The number of benzene rings is 2. The van der Waals surface area contributed by atoms with E-state index in [1.165, 1.54) is 5.56 Å². The highest BCUT2D eigenvalue weighted by Gasteiger charge is 1.99. The number of nitrogens with one attached hydrogen (secondary N) is 3. The van der Waals surface area contributed by atoms with Crippen molar-refractivity contribution in [1.82, 2.24) is 10.6 Å². The van der Waals surface area contributed by atoms with Crippen molar-refractivity contribution in [3.8, 4) is 0 Å². The molecule has 114 valence electrons. The lowest BCUT2D eigenvalue weighted by Crippen LogP contribution is -2.28. The molecule has 0 atom stereocenters. The Morgan fingerprint density at radius 1 is 0.909 bits per heavy atom. The van der Waals surface area contributed by atoms with Gasteiger partial charge in [0, 0.05) is 18.8 Å². The molecule has 0 bridgehead atoms. The molecular weight excluding hydrogens is 296 g/mol. The third-order valence-electron chi connectivity index (χ3n) is 2.97. The van der Waals surface area contributed by atoms with E-state index in [2.05, 4.69) is 16.0 Å². The Labute approximate surface area is 134 Å². The molecule has 0 spiro atoms. The largest absolute Gasteiger partial charge is 0.358 e. The van der Waals surface area contributed by atoms with Crippen molar-refractivity contribution in [3.05, 3.63) is 65.7 Å². The van der Waals surface area contributed by atoms with Crippen LogP contribution in [0.2, 0.25) is 0 Å². The molecule has 22 heavy (non-hydrogen) atoms. The number of thiocarbonyl (C=S) groups is 1. The maximum Gasteiger partial charge on any atom is 0.312 e. The van der Waals surface area contributed by atoms with Crippen LogP contribution in [-0.2, 0) is 13.1 Å². The Morgan fingerprint density at radius 2 is 1.50 bits per heavy atom. The molecule has 0 aliphatic heterocycles. The fraction of sp³-hybridized carbons (Fsp3) is 0.125. The molecule has 2 aromatic rings. The highest BCUT2D eigenvalue weighted by Crippen LogP contribution is 2.09. The van der Waals surface area contributed by atoms with Crippen LogP contribution < -0.4 is 21.7 Å². The van der Waals surface area contributed by atoms with Crippen molar-refractivity contribution in [2.45, 2.75) is 13.1 Å². The van der Waals surface area contributed by atoms with E-state index >= 15 is 0 Å². The van der Waals surface area contributed by atoms with Crippen LogP contribution in [0.15, 0.2) is 54.6 Å². The van der Waals surface area contributed by atoms with Crippen molar-refractivity contribution in [2.24, 2.45) is 5.73 Å². The van der Waals surface area contributed by atoms with Gasteiger partial charge in [0.2, 0.25) is 0 Å². The fourth-order valence-corrected chi connectivity index (χ4v) is 2.04.